The molecule has 2 aliphatic heterocycles. The zero-order valence-corrected chi connectivity index (χ0v) is 12.1. The van der Waals surface area contributed by atoms with Crippen LogP contribution in [0.5, 0.6) is 0 Å². The number of rotatable bonds is 3. The van der Waals surface area contributed by atoms with Crippen molar-refractivity contribution in [3.05, 3.63) is 11.5 Å². The number of fused-ring (bicyclic) bond motifs is 1. The van der Waals surface area contributed by atoms with Gasteiger partial charge in [0.05, 0.1) is 11.6 Å². The summed E-state index contributed by atoms with van der Waals surface area (Å²) in [6, 6.07) is -0.443. The molecule has 2 amide bonds. The molecule has 2 aliphatic rings. The minimum atomic E-state index is -0.558. The van der Waals surface area contributed by atoms with E-state index in [0.29, 0.717) is 25.0 Å². The third-order valence-corrected chi connectivity index (χ3v) is 3.54. The molecule has 1 N–H and O–H groups in total. The van der Waals surface area contributed by atoms with Gasteiger partial charge in [-0.15, -0.1) is 0 Å². The van der Waals surface area contributed by atoms with Crippen LogP contribution >= 0.6 is 0 Å². The molecule has 6 nitrogen and oxygen atoms in total. The summed E-state index contributed by atoms with van der Waals surface area (Å²) in [6.45, 7) is 5.94. The van der Waals surface area contributed by atoms with Gasteiger partial charge in [-0.3, -0.25) is 19.8 Å². The summed E-state index contributed by atoms with van der Waals surface area (Å²) in [5.74, 6) is -0.221. The number of nitrogens with zero attached hydrogens (tertiary/aromatic N) is 1. The molecule has 0 bridgehead atoms. The predicted molar refractivity (Wildman–Crippen MR) is 71.5 cm³/mol. The van der Waals surface area contributed by atoms with E-state index in [-0.39, 0.29) is 23.5 Å². The van der Waals surface area contributed by atoms with Crippen molar-refractivity contribution in [1.29, 1.82) is 0 Å². The molecule has 20 heavy (non-hydrogen) atoms. The fourth-order valence-corrected chi connectivity index (χ4v) is 2.51. The number of Topliss-reactive ketones (excluding diaryl/α,β-unsaturated/α-hetero) is 1. The molecule has 0 spiro atoms. The molecule has 0 radical (unpaired) electrons. The lowest BCUT2D eigenvalue weighted by molar-refractivity contribution is -0.121. The predicted octanol–water partition coefficient (Wildman–Crippen LogP) is 1.56. The molecule has 0 aromatic heterocycles. The topological polar surface area (TPSA) is 75.7 Å². The third-order valence-electron chi connectivity index (χ3n) is 3.54. The highest BCUT2D eigenvalue weighted by Gasteiger charge is 2.40. The maximum atomic E-state index is 12.3. The second-order valence-corrected chi connectivity index (χ2v) is 5.68. The van der Waals surface area contributed by atoms with Gasteiger partial charge in [-0.05, 0) is 25.7 Å². The highest BCUT2D eigenvalue weighted by atomic mass is 16.6. The summed E-state index contributed by atoms with van der Waals surface area (Å²) in [7, 11) is 0. The maximum absolute atomic E-state index is 12.3. The Balaban J connectivity index is 2.19. The first kappa shape index (κ1) is 14.6. The second kappa shape index (κ2) is 5.64. The molecule has 110 valence electrons. The molecule has 2 rings (SSSR count). The number of amides is 2. The van der Waals surface area contributed by atoms with Crippen molar-refractivity contribution in [3.8, 4) is 0 Å². The van der Waals surface area contributed by atoms with Crippen molar-refractivity contribution in [2.45, 2.75) is 46.1 Å². The fraction of sp³-hybridized carbons (Fsp3) is 0.643. The van der Waals surface area contributed by atoms with Crippen LogP contribution < -0.4 is 5.32 Å². The molecule has 0 saturated carbocycles. The molecule has 0 aliphatic carbocycles. The molecule has 0 aromatic carbocycles. The molecule has 1 atom stereocenters. The van der Waals surface area contributed by atoms with Crippen LogP contribution in [-0.2, 0) is 14.3 Å². The zero-order chi connectivity index (χ0) is 14.9. The Labute approximate surface area is 118 Å². The van der Waals surface area contributed by atoms with Crippen LogP contribution in [0.1, 0.15) is 40.0 Å². The molecule has 0 aromatic rings. The summed E-state index contributed by atoms with van der Waals surface area (Å²) >= 11 is 0. The number of hydrogen-bond donors (Lipinski definition) is 1. The lowest BCUT2D eigenvalue weighted by atomic mass is 10.0. The van der Waals surface area contributed by atoms with Crippen LogP contribution in [0.25, 0.3) is 0 Å². The Hall–Kier alpha value is -1.85. The quantitative estimate of drug-likeness (QED) is 0.851. The average Bonchev–Trinajstić information content (AvgIpc) is 2.81. The number of carbonyl (C=O) groups is 3. The first-order valence-corrected chi connectivity index (χ1v) is 6.93. The van der Waals surface area contributed by atoms with E-state index in [1.54, 1.807) is 6.92 Å². The van der Waals surface area contributed by atoms with E-state index in [2.05, 4.69) is 5.32 Å². The molecule has 2 heterocycles. The van der Waals surface area contributed by atoms with Crippen molar-refractivity contribution < 1.29 is 19.1 Å². The first-order chi connectivity index (χ1) is 9.40. The van der Waals surface area contributed by atoms with Crippen LogP contribution in [0.15, 0.2) is 11.5 Å². The fourth-order valence-electron chi connectivity index (χ4n) is 2.51. The van der Waals surface area contributed by atoms with Crippen molar-refractivity contribution in [3.63, 3.8) is 0 Å². The SMILES string of the molecule is CC1=C(NC(=O)CC(C)C)OC(=O)N2CCC[C@H]2C1=O. The van der Waals surface area contributed by atoms with Crippen LogP contribution in [0.4, 0.5) is 4.79 Å². The zero-order valence-electron chi connectivity index (χ0n) is 12.1. The number of carbonyl (C=O) groups excluding carboxylic acids is 3. The summed E-state index contributed by atoms with van der Waals surface area (Å²) in [6.07, 6.45) is 1.21. The van der Waals surface area contributed by atoms with Crippen molar-refractivity contribution in [1.82, 2.24) is 10.2 Å². The normalized spacial score (nSPS) is 22.8. The van der Waals surface area contributed by atoms with Gasteiger partial charge in [-0.1, -0.05) is 13.8 Å². The molecular weight excluding hydrogens is 260 g/mol. The van der Waals surface area contributed by atoms with Crippen molar-refractivity contribution in [2.75, 3.05) is 6.54 Å². The molecule has 1 saturated heterocycles. The van der Waals surface area contributed by atoms with E-state index in [4.69, 9.17) is 4.74 Å². The van der Waals surface area contributed by atoms with E-state index >= 15 is 0 Å². The lowest BCUT2D eigenvalue weighted by Gasteiger charge is -2.19. The molecule has 6 heteroatoms. The van der Waals surface area contributed by atoms with E-state index < -0.39 is 12.1 Å². The second-order valence-electron chi connectivity index (χ2n) is 5.68. The lowest BCUT2D eigenvalue weighted by Crippen LogP contribution is -2.38. The Morgan fingerprint density at radius 3 is 2.80 bits per heavy atom. The minimum absolute atomic E-state index is 0.0138. The Morgan fingerprint density at radius 2 is 2.15 bits per heavy atom. The minimum Gasteiger partial charge on any atom is -0.393 e. The highest BCUT2D eigenvalue weighted by molar-refractivity contribution is 6.02. The van der Waals surface area contributed by atoms with E-state index in [0.717, 1.165) is 6.42 Å². The van der Waals surface area contributed by atoms with Crippen LogP contribution in [0.3, 0.4) is 0 Å². The van der Waals surface area contributed by atoms with E-state index in [9.17, 15) is 14.4 Å². The van der Waals surface area contributed by atoms with Gasteiger partial charge in [0.15, 0.2) is 5.78 Å². The van der Waals surface area contributed by atoms with Gasteiger partial charge in [0.1, 0.15) is 0 Å². The van der Waals surface area contributed by atoms with E-state index in [1.165, 1.54) is 4.90 Å². The van der Waals surface area contributed by atoms with Crippen LogP contribution in [-0.4, -0.2) is 35.3 Å². The van der Waals surface area contributed by atoms with Crippen LogP contribution in [0.2, 0.25) is 0 Å². The molecular formula is C14H20N2O4. The van der Waals surface area contributed by atoms with E-state index in [1.807, 2.05) is 13.8 Å². The van der Waals surface area contributed by atoms with Gasteiger partial charge in [0, 0.05) is 13.0 Å². The first-order valence-electron chi connectivity index (χ1n) is 6.93. The summed E-state index contributed by atoms with van der Waals surface area (Å²) in [4.78, 5) is 37.5. The summed E-state index contributed by atoms with van der Waals surface area (Å²) in [5.41, 5.74) is 0.310. The highest BCUT2D eigenvalue weighted by Crippen LogP contribution is 2.26. The van der Waals surface area contributed by atoms with Gasteiger partial charge < -0.3 is 4.74 Å². The molecule has 0 unspecified atom stereocenters. The smallest absolute Gasteiger partial charge is 0.393 e. The van der Waals surface area contributed by atoms with Gasteiger partial charge >= 0.3 is 6.09 Å². The number of ketones is 1. The molecule has 1 fully saturated rings. The van der Waals surface area contributed by atoms with Crippen LogP contribution in [0, 0.1) is 5.92 Å². The summed E-state index contributed by atoms with van der Waals surface area (Å²) in [5, 5.41) is 2.54. The summed E-state index contributed by atoms with van der Waals surface area (Å²) < 4.78 is 5.17. The monoisotopic (exact) mass is 280 g/mol. The number of ether oxygens (including phenoxy) is 1. The van der Waals surface area contributed by atoms with Gasteiger partial charge in [0.2, 0.25) is 11.8 Å². The number of cyclic esters (lactones) is 1. The third kappa shape index (κ3) is 2.84. The Kier molecular flexibility index (Phi) is 4.11. The van der Waals surface area contributed by atoms with Gasteiger partial charge in [0.25, 0.3) is 0 Å². The van der Waals surface area contributed by atoms with Crippen molar-refractivity contribution in [2.24, 2.45) is 5.92 Å². The maximum Gasteiger partial charge on any atom is 0.417 e. The largest absolute Gasteiger partial charge is 0.417 e. The Morgan fingerprint density at radius 1 is 1.45 bits per heavy atom. The van der Waals surface area contributed by atoms with Gasteiger partial charge in [-0.25, -0.2) is 4.79 Å². The van der Waals surface area contributed by atoms with Gasteiger partial charge in [-0.2, -0.15) is 0 Å². The Bertz CT molecular complexity index is 482. The standard InChI is InChI=1S/C14H20N2O4/c1-8(2)7-11(17)15-13-9(3)12(18)10-5-4-6-16(10)14(19)20-13/h8,10H,4-7H2,1-3H3,(H,15,17)/t10-/m0/s1. The average molecular weight is 280 g/mol. The number of hydrogen-bond acceptors (Lipinski definition) is 4. The van der Waals surface area contributed by atoms with Crippen molar-refractivity contribution >= 4 is 17.8 Å². The number of nitrogens with one attached hydrogen (secondary N) is 1.